The Hall–Kier alpha value is -1.09. The van der Waals surface area contributed by atoms with E-state index in [0.29, 0.717) is 6.04 Å². The molecule has 3 nitrogen and oxygen atoms in total. The number of pyridine rings is 1. The Kier molecular flexibility index (Phi) is 3.74. The van der Waals surface area contributed by atoms with Crippen LogP contribution in [0.4, 0.5) is 5.69 Å². The molecule has 2 fully saturated rings. The van der Waals surface area contributed by atoms with E-state index in [1.54, 1.807) is 0 Å². The summed E-state index contributed by atoms with van der Waals surface area (Å²) < 4.78 is 0. The quantitative estimate of drug-likeness (QED) is 0.814. The molecule has 3 heteroatoms. The first-order chi connectivity index (χ1) is 9.28. The van der Waals surface area contributed by atoms with Crippen molar-refractivity contribution in [3.8, 4) is 0 Å². The summed E-state index contributed by atoms with van der Waals surface area (Å²) in [5.41, 5.74) is 2.58. The molecule has 104 valence electrons. The zero-order valence-corrected chi connectivity index (χ0v) is 12.2. The maximum Gasteiger partial charge on any atom is 0.0558 e. The fourth-order valence-corrected chi connectivity index (χ4v) is 3.61. The molecule has 3 rings (SSSR count). The van der Waals surface area contributed by atoms with Gasteiger partial charge in [-0.15, -0.1) is 0 Å². The Balaban J connectivity index is 1.82. The standard InChI is InChI=1S/C16H25N3/c1-3-14-11-18-7-5-4-6-15(18)12-19(14)16-8-13(2)9-17-10-16/h8-10,14-15H,3-7,11-12H2,1-2H3. The summed E-state index contributed by atoms with van der Waals surface area (Å²) in [7, 11) is 0. The lowest BCUT2D eigenvalue weighted by Gasteiger charge is -2.49. The molecule has 0 amide bonds. The van der Waals surface area contributed by atoms with E-state index >= 15 is 0 Å². The molecule has 1 aromatic rings. The summed E-state index contributed by atoms with van der Waals surface area (Å²) in [4.78, 5) is 9.70. The van der Waals surface area contributed by atoms with Crippen molar-refractivity contribution >= 4 is 5.69 Å². The molecule has 0 spiro atoms. The SMILES string of the molecule is CCC1CN2CCCCC2CN1c1cncc(C)c1. The van der Waals surface area contributed by atoms with Gasteiger partial charge in [0.15, 0.2) is 0 Å². The number of hydrogen-bond donors (Lipinski definition) is 0. The second kappa shape index (κ2) is 5.49. The molecule has 0 bridgehead atoms. The van der Waals surface area contributed by atoms with Gasteiger partial charge >= 0.3 is 0 Å². The van der Waals surface area contributed by atoms with Gasteiger partial charge in [-0.3, -0.25) is 9.88 Å². The lowest BCUT2D eigenvalue weighted by atomic mass is 9.95. The molecule has 2 atom stereocenters. The molecule has 19 heavy (non-hydrogen) atoms. The van der Waals surface area contributed by atoms with Gasteiger partial charge < -0.3 is 4.90 Å². The Labute approximate surface area is 116 Å². The van der Waals surface area contributed by atoms with Gasteiger partial charge in [-0.1, -0.05) is 13.3 Å². The third kappa shape index (κ3) is 2.62. The number of fused-ring (bicyclic) bond motifs is 1. The molecule has 1 aromatic heterocycles. The van der Waals surface area contributed by atoms with Crippen molar-refractivity contribution in [3.05, 3.63) is 24.0 Å². The lowest BCUT2D eigenvalue weighted by Crippen LogP contribution is -2.59. The fraction of sp³-hybridized carbons (Fsp3) is 0.688. The first-order valence-corrected chi connectivity index (χ1v) is 7.70. The van der Waals surface area contributed by atoms with Crippen LogP contribution < -0.4 is 4.90 Å². The highest BCUT2D eigenvalue weighted by molar-refractivity contribution is 5.48. The Bertz CT molecular complexity index is 432. The van der Waals surface area contributed by atoms with Gasteiger partial charge in [0.05, 0.1) is 11.9 Å². The van der Waals surface area contributed by atoms with Gasteiger partial charge in [0.25, 0.3) is 0 Å². The van der Waals surface area contributed by atoms with E-state index in [9.17, 15) is 0 Å². The summed E-state index contributed by atoms with van der Waals surface area (Å²) in [6.45, 7) is 8.17. The maximum atomic E-state index is 4.38. The third-order valence-electron chi connectivity index (χ3n) is 4.71. The maximum absolute atomic E-state index is 4.38. The number of rotatable bonds is 2. The van der Waals surface area contributed by atoms with Crippen molar-refractivity contribution in [2.75, 3.05) is 24.5 Å². The van der Waals surface area contributed by atoms with Crippen molar-refractivity contribution in [3.63, 3.8) is 0 Å². The summed E-state index contributed by atoms with van der Waals surface area (Å²) in [6, 6.07) is 3.70. The monoisotopic (exact) mass is 259 g/mol. The molecule has 2 aliphatic heterocycles. The molecule has 2 aliphatic rings. The summed E-state index contributed by atoms with van der Waals surface area (Å²) in [6.07, 6.45) is 9.36. The molecule has 0 N–H and O–H groups in total. The average Bonchev–Trinajstić information content (AvgIpc) is 2.46. The molecular formula is C16H25N3. The van der Waals surface area contributed by atoms with Crippen LogP contribution in [0.15, 0.2) is 18.5 Å². The minimum atomic E-state index is 0.651. The first-order valence-electron chi connectivity index (χ1n) is 7.70. The van der Waals surface area contributed by atoms with Gasteiger partial charge in [0.2, 0.25) is 0 Å². The Morgan fingerprint density at radius 3 is 2.95 bits per heavy atom. The minimum absolute atomic E-state index is 0.651. The van der Waals surface area contributed by atoms with Crippen LogP contribution in [0.1, 0.15) is 38.2 Å². The van der Waals surface area contributed by atoms with Crippen molar-refractivity contribution in [2.45, 2.75) is 51.6 Å². The molecule has 2 saturated heterocycles. The number of anilines is 1. The van der Waals surface area contributed by atoms with Gasteiger partial charge in [-0.05, 0) is 44.4 Å². The summed E-state index contributed by atoms with van der Waals surface area (Å²) in [5.74, 6) is 0. The van der Waals surface area contributed by atoms with Gasteiger partial charge in [0.1, 0.15) is 0 Å². The van der Waals surface area contributed by atoms with Crippen LogP contribution in [0.5, 0.6) is 0 Å². The van der Waals surface area contributed by atoms with Crippen LogP contribution in [0.3, 0.4) is 0 Å². The van der Waals surface area contributed by atoms with E-state index in [0.717, 1.165) is 6.04 Å². The molecule has 3 heterocycles. The van der Waals surface area contributed by atoms with E-state index in [4.69, 9.17) is 0 Å². The minimum Gasteiger partial charge on any atom is -0.364 e. The number of nitrogens with zero attached hydrogens (tertiary/aromatic N) is 3. The van der Waals surface area contributed by atoms with Crippen LogP contribution in [0.25, 0.3) is 0 Å². The number of aromatic nitrogens is 1. The highest BCUT2D eigenvalue weighted by Crippen LogP contribution is 2.29. The fourth-order valence-electron chi connectivity index (χ4n) is 3.61. The van der Waals surface area contributed by atoms with Crippen molar-refractivity contribution < 1.29 is 0 Å². The van der Waals surface area contributed by atoms with E-state index in [1.807, 2.05) is 12.4 Å². The molecule has 2 unspecified atom stereocenters. The normalized spacial score (nSPS) is 28.2. The molecule has 0 aliphatic carbocycles. The number of aryl methyl sites for hydroxylation is 1. The van der Waals surface area contributed by atoms with Crippen LogP contribution in [-0.4, -0.2) is 41.6 Å². The topological polar surface area (TPSA) is 19.4 Å². The predicted octanol–water partition coefficient (Wildman–Crippen LogP) is 2.84. The van der Waals surface area contributed by atoms with Crippen molar-refractivity contribution in [1.82, 2.24) is 9.88 Å². The van der Waals surface area contributed by atoms with E-state index in [2.05, 4.69) is 34.7 Å². The van der Waals surface area contributed by atoms with Gasteiger partial charge in [-0.2, -0.15) is 0 Å². The molecular weight excluding hydrogens is 234 g/mol. The first kappa shape index (κ1) is 12.9. The molecule has 0 aromatic carbocycles. The third-order valence-corrected chi connectivity index (χ3v) is 4.71. The second-order valence-electron chi connectivity index (χ2n) is 6.08. The Morgan fingerprint density at radius 2 is 2.16 bits per heavy atom. The van der Waals surface area contributed by atoms with Crippen molar-refractivity contribution in [2.24, 2.45) is 0 Å². The largest absolute Gasteiger partial charge is 0.364 e. The summed E-state index contributed by atoms with van der Waals surface area (Å²) >= 11 is 0. The number of piperazine rings is 1. The van der Waals surface area contributed by atoms with Crippen LogP contribution in [0, 0.1) is 6.92 Å². The highest BCUT2D eigenvalue weighted by atomic mass is 15.3. The molecule has 0 radical (unpaired) electrons. The van der Waals surface area contributed by atoms with Gasteiger partial charge in [0, 0.05) is 31.4 Å². The highest BCUT2D eigenvalue weighted by Gasteiger charge is 2.34. The lowest BCUT2D eigenvalue weighted by molar-refractivity contribution is 0.111. The van der Waals surface area contributed by atoms with Crippen LogP contribution in [-0.2, 0) is 0 Å². The van der Waals surface area contributed by atoms with Crippen LogP contribution in [0.2, 0.25) is 0 Å². The molecule has 0 saturated carbocycles. The Morgan fingerprint density at radius 1 is 1.26 bits per heavy atom. The predicted molar refractivity (Wildman–Crippen MR) is 79.6 cm³/mol. The zero-order chi connectivity index (χ0) is 13.2. The average molecular weight is 259 g/mol. The van der Waals surface area contributed by atoms with Crippen molar-refractivity contribution in [1.29, 1.82) is 0 Å². The van der Waals surface area contributed by atoms with Gasteiger partial charge in [-0.25, -0.2) is 0 Å². The number of piperidine rings is 1. The van der Waals surface area contributed by atoms with Crippen LogP contribution >= 0.6 is 0 Å². The second-order valence-corrected chi connectivity index (χ2v) is 6.08. The smallest absolute Gasteiger partial charge is 0.0558 e. The number of hydrogen-bond acceptors (Lipinski definition) is 3. The summed E-state index contributed by atoms with van der Waals surface area (Å²) in [5, 5.41) is 0. The zero-order valence-electron chi connectivity index (χ0n) is 12.2. The van der Waals surface area contributed by atoms with E-state index < -0.39 is 0 Å². The van der Waals surface area contributed by atoms with E-state index in [-0.39, 0.29) is 0 Å². The van der Waals surface area contributed by atoms with E-state index in [1.165, 1.54) is 56.6 Å².